The zero-order valence-corrected chi connectivity index (χ0v) is 16.7. The van der Waals surface area contributed by atoms with Crippen LogP contribution in [0.1, 0.15) is 68.1 Å². The van der Waals surface area contributed by atoms with E-state index in [9.17, 15) is 9.18 Å². The highest BCUT2D eigenvalue weighted by atomic mass is 19.1. The first-order valence-corrected chi connectivity index (χ1v) is 10.3. The number of benzene rings is 2. The number of esters is 1. The average molecular weight is 391 g/mol. The van der Waals surface area contributed by atoms with E-state index in [1.54, 1.807) is 6.07 Å². The Morgan fingerprint density at radius 3 is 2.52 bits per heavy atom. The summed E-state index contributed by atoms with van der Waals surface area (Å²) in [6, 6.07) is 14.3. The molecule has 0 radical (unpaired) electrons. The monoisotopic (exact) mass is 391 g/mol. The van der Waals surface area contributed by atoms with E-state index in [-0.39, 0.29) is 23.2 Å². The second kappa shape index (κ2) is 10.0. The number of carbonyl (C=O) groups is 1. The summed E-state index contributed by atoms with van der Waals surface area (Å²) in [6.07, 6.45) is 10.0. The van der Waals surface area contributed by atoms with Crippen LogP contribution in [-0.2, 0) is 4.79 Å². The van der Waals surface area contributed by atoms with Crippen LogP contribution >= 0.6 is 0 Å². The minimum atomic E-state index is -0.672. The number of unbranched alkanes of at least 4 members (excludes halogenated alkanes) is 1. The van der Waals surface area contributed by atoms with Crippen LogP contribution in [0.4, 0.5) is 4.39 Å². The summed E-state index contributed by atoms with van der Waals surface area (Å²) in [6.45, 7) is 2.17. The number of nitrogens with zero attached hydrogens (tertiary/aromatic N) is 1. The molecule has 3 nitrogen and oxygen atoms in total. The molecule has 0 N–H and O–H groups in total. The second-order valence-electron chi connectivity index (χ2n) is 7.58. The molecule has 0 bridgehead atoms. The lowest BCUT2D eigenvalue weighted by molar-refractivity contribution is -0.140. The van der Waals surface area contributed by atoms with Crippen LogP contribution in [-0.4, -0.2) is 5.97 Å². The standard InChI is InChI=1S/C25H26FNO2/c1-2-3-4-5-18-6-8-19(9-7-18)20-10-12-21(13-11-20)25(28)29-23-15-14-22(17-27)24(26)16-23/h4-9,14-16,20-21H,2-3,10-13H2,1H3/b5-4+/t20-,21-. The van der Waals surface area contributed by atoms with Gasteiger partial charge in [0, 0.05) is 6.07 Å². The van der Waals surface area contributed by atoms with Crippen LogP contribution in [0.3, 0.4) is 0 Å². The van der Waals surface area contributed by atoms with Crippen LogP contribution in [0.5, 0.6) is 5.75 Å². The topological polar surface area (TPSA) is 50.1 Å². The van der Waals surface area contributed by atoms with Crippen molar-refractivity contribution in [1.29, 1.82) is 5.26 Å². The molecule has 0 unspecified atom stereocenters. The second-order valence-corrected chi connectivity index (χ2v) is 7.58. The fraction of sp³-hybridized carbons (Fsp3) is 0.360. The quantitative estimate of drug-likeness (QED) is 0.423. The minimum Gasteiger partial charge on any atom is -0.426 e. The number of nitriles is 1. The highest BCUT2D eigenvalue weighted by Gasteiger charge is 2.28. The maximum atomic E-state index is 13.7. The first kappa shape index (κ1) is 20.8. The molecular formula is C25H26FNO2. The van der Waals surface area contributed by atoms with E-state index < -0.39 is 5.82 Å². The van der Waals surface area contributed by atoms with Crippen LogP contribution in [0.2, 0.25) is 0 Å². The molecule has 2 aromatic rings. The lowest BCUT2D eigenvalue weighted by Gasteiger charge is -2.27. The highest BCUT2D eigenvalue weighted by molar-refractivity contribution is 5.75. The lowest BCUT2D eigenvalue weighted by atomic mass is 9.78. The van der Waals surface area contributed by atoms with Gasteiger partial charge in [-0.2, -0.15) is 5.26 Å². The van der Waals surface area contributed by atoms with Crippen LogP contribution in [0, 0.1) is 23.1 Å². The number of hydrogen-bond acceptors (Lipinski definition) is 3. The van der Waals surface area contributed by atoms with E-state index in [2.05, 4.69) is 43.3 Å². The summed E-state index contributed by atoms with van der Waals surface area (Å²) in [5.74, 6) is -0.542. The molecule has 0 heterocycles. The largest absolute Gasteiger partial charge is 0.426 e. The van der Waals surface area contributed by atoms with E-state index in [1.807, 2.05) is 0 Å². The van der Waals surface area contributed by atoms with Crippen molar-refractivity contribution in [1.82, 2.24) is 0 Å². The Morgan fingerprint density at radius 1 is 1.17 bits per heavy atom. The molecule has 0 aliphatic heterocycles. The van der Waals surface area contributed by atoms with Crippen molar-refractivity contribution in [3.8, 4) is 11.8 Å². The molecule has 0 aromatic heterocycles. The Kier molecular flexibility index (Phi) is 7.19. The summed E-state index contributed by atoms with van der Waals surface area (Å²) in [4.78, 5) is 12.4. The molecule has 0 amide bonds. The van der Waals surface area contributed by atoms with Gasteiger partial charge in [-0.1, -0.05) is 49.8 Å². The molecule has 1 saturated carbocycles. The van der Waals surface area contributed by atoms with Gasteiger partial charge in [-0.05, 0) is 61.3 Å². The summed E-state index contributed by atoms with van der Waals surface area (Å²) >= 11 is 0. The van der Waals surface area contributed by atoms with Crippen molar-refractivity contribution in [2.75, 3.05) is 0 Å². The molecule has 1 aliphatic rings. The van der Waals surface area contributed by atoms with Crippen LogP contribution in [0.15, 0.2) is 48.5 Å². The summed E-state index contributed by atoms with van der Waals surface area (Å²) < 4.78 is 19.0. The first-order valence-electron chi connectivity index (χ1n) is 10.3. The number of rotatable bonds is 6. The number of carbonyl (C=O) groups excluding carboxylic acids is 1. The van der Waals surface area contributed by atoms with E-state index in [0.29, 0.717) is 5.92 Å². The Balaban J connectivity index is 1.52. The molecule has 1 aliphatic carbocycles. The summed E-state index contributed by atoms with van der Waals surface area (Å²) in [5.41, 5.74) is 2.48. The van der Waals surface area contributed by atoms with E-state index in [4.69, 9.17) is 10.00 Å². The van der Waals surface area contributed by atoms with Gasteiger partial charge in [-0.3, -0.25) is 4.79 Å². The van der Waals surface area contributed by atoms with Gasteiger partial charge in [0.2, 0.25) is 0 Å². The van der Waals surface area contributed by atoms with Crippen LogP contribution < -0.4 is 4.74 Å². The number of allylic oxidation sites excluding steroid dienone is 1. The van der Waals surface area contributed by atoms with Crippen molar-refractivity contribution in [2.45, 2.75) is 51.4 Å². The van der Waals surface area contributed by atoms with Crippen molar-refractivity contribution in [3.05, 3.63) is 71.0 Å². The molecule has 2 aromatic carbocycles. The minimum absolute atomic E-state index is 0.0582. The molecular weight excluding hydrogens is 365 g/mol. The van der Waals surface area contributed by atoms with Crippen molar-refractivity contribution < 1.29 is 13.9 Å². The van der Waals surface area contributed by atoms with Crippen molar-refractivity contribution in [2.24, 2.45) is 5.92 Å². The van der Waals surface area contributed by atoms with Gasteiger partial charge in [0.1, 0.15) is 17.6 Å². The third-order valence-electron chi connectivity index (χ3n) is 5.51. The molecule has 29 heavy (non-hydrogen) atoms. The molecule has 1 fully saturated rings. The molecule has 150 valence electrons. The Hall–Kier alpha value is -2.93. The maximum absolute atomic E-state index is 13.7. The zero-order valence-electron chi connectivity index (χ0n) is 16.7. The molecule has 3 rings (SSSR count). The van der Waals surface area contributed by atoms with Gasteiger partial charge in [0.15, 0.2) is 0 Å². The Bertz CT molecular complexity index is 903. The molecule has 4 heteroatoms. The maximum Gasteiger partial charge on any atom is 0.314 e. The first-order chi connectivity index (χ1) is 14.1. The average Bonchev–Trinajstić information content (AvgIpc) is 2.75. The third-order valence-corrected chi connectivity index (χ3v) is 5.51. The predicted molar refractivity (Wildman–Crippen MR) is 112 cm³/mol. The van der Waals surface area contributed by atoms with Gasteiger partial charge < -0.3 is 4.74 Å². The number of hydrogen-bond donors (Lipinski definition) is 0. The van der Waals surface area contributed by atoms with Gasteiger partial charge in [0.05, 0.1) is 11.5 Å². The molecule has 0 saturated heterocycles. The number of ether oxygens (including phenoxy) is 1. The van der Waals surface area contributed by atoms with E-state index >= 15 is 0 Å². The van der Waals surface area contributed by atoms with Crippen LogP contribution in [0.25, 0.3) is 6.08 Å². The lowest BCUT2D eigenvalue weighted by Crippen LogP contribution is -2.25. The van der Waals surface area contributed by atoms with Gasteiger partial charge in [0.25, 0.3) is 0 Å². The zero-order chi connectivity index (χ0) is 20.6. The smallest absolute Gasteiger partial charge is 0.314 e. The van der Waals surface area contributed by atoms with E-state index in [0.717, 1.165) is 44.6 Å². The summed E-state index contributed by atoms with van der Waals surface area (Å²) in [5, 5.41) is 8.78. The van der Waals surface area contributed by atoms with Gasteiger partial charge in [-0.25, -0.2) is 4.39 Å². The molecule has 0 spiro atoms. The van der Waals surface area contributed by atoms with Crippen molar-refractivity contribution >= 4 is 12.0 Å². The van der Waals surface area contributed by atoms with E-state index in [1.165, 1.54) is 23.3 Å². The van der Waals surface area contributed by atoms with Crippen molar-refractivity contribution in [3.63, 3.8) is 0 Å². The fourth-order valence-electron chi connectivity index (χ4n) is 3.78. The predicted octanol–water partition coefficient (Wildman–Crippen LogP) is 6.39. The highest BCUT2D eigenvalue weighted by Crippen LogP contribution is 2.36. The SMILES string of the molecule is CCC/C=C/c1ccc([C@H]2CC[C@H](C(=O)Oc3ccc(C#N)c(F)c3)CC2)cc1. The summed E-state index contributed by atoms with van der Waals surface area (Å²) in [7, 11) is 0. The number of halogens is 1. The van der Waals surface area contributed by atoms with Gasteiger partial charge in [-0.15, -0.1) is 0 Å². The fourth-order valence-corrected chi connectivity index (χ4v) is 3.78. The normalized spacial score (nSPS) is 19.1. The third kappa shape index (κ3) is 5.54. The Morgan fingerprint density at radius 2 is 1.90 bits per heavy atom. The van der Waals surface area contributed by atoms with Gasteiger partial charge >= 0.3 is 5.97 Å². The Labute approximate surface area is 171 Å². The molecule has 0 atom stereocenters.